The van der Waals surface area contributed by atoms with Gasteiger partial charge in [0, 0.05) is 24.6 Å². The van der Waals surface area contributed by atoms with Crippen molar-refractivity contribution >= 4 is 40.8 Å². The Kier molecular flexibility index (Phi) is 9.82. The molecule has 0 spiro atoms. The average Bonchev–Trinajstić information content (AvgIpc) is 2.98. The third kappa shape index (κ3) is 7.75. The number of rotatable bonds is 2. The lowest BCUT2D eigenvalue weighted by atomic mass is 9.96. The second kappa shape index (κ2) is 13.7. The van der Waals surface area contributed by atoms with Gasteiger partial charge in [0.25, 0.3) is 5.91 Å². The Balaban J connectivity index is 0.000000149. The van der Waals surface area contributed by atoms with Crippen molar-refractivity contribution in [1.29, 1.82) is 0 Å². The molecule has 5 heterocycles. The number of halogens is 2. The average molecular weight is 566 g/mol. The Morgan fingerprint density at radius 3 is 1.97 bits per heavy atom. The molecule has 1 N–H and O–H groups in total. The van der Waals surface area contributed by atoms with Crippen molar-refractivity contribution < 1.29 is 14.7 Å². The second-order valence-electron chi connectivity index (χ2n) is 8.60. The van der Waals surface area contributed by atoms with Crippen molar-refractivity contribution in [2.45, 2.75) is 38.5 Å². The molecule has 12 heteroatoms. The van der Waals surface area contributed by atoms with Crippen LogP contribution in [-0.4, -0.2) is 53.4 Å². The van der Waals surface area contributed by atoms with E-state index in [0.29, 0.717) is 12.2 Å². The number of pyridine rings is 2. The predicted molar refractivity (Wildman–Crippen MR) is 146 cm³/mol. The molecule has 4 aromatic rings. The molecule has 6 rings (SSSR count). The van der Waals surface area contributed by atoms with Gasteiger partial charge in [-0.15, -0.1) is 0 Å². The van der Waals surface area contributed by atoms with E-state index >= 15 is 0 Å². The number of carboxylic acid groups (broad SMARTS) is 1. The molecule has 0 bridgehead atoms. The normalized spacial score (nSPS) is 13.4. The van der Waals surface area contributed by atoms with Gasteiger partial charge in [0.1, 0.15) is 16.0 Å². The smallest absolute Gasteiger partial charge is 0.356 e. The van der Waals surface area contributed by atoms with E-state index in [1.54, 1.807) is 11.1 Å². The van der Waals surface area contributed by atoms with Crippen LogP contribution in [0.1, 0.15) is 57.2 Å². The summed E-state index contributed by atoms with van der Waals surface area (Å²) in [6.07, 6.45) is 15.6. The van der Waals surface area contributed by atoms with E-state index < -0.39 is 5.97 Å². The van der Waals surface area contributed by atoms with Gasteiger partial charge < -0.3 is 10.0 Å². The van der Waals surface area contributed by atoms with Gasteiger partial charge in [0.15, 0.2) is 5.69 Å². The van der Waals surface area contributed by atoms with Gasteiger partial charge in [-0.3, -0.25) is 14.8 Å². The molecule has 0 unspecified atom stereocenters. The van der Waals surface area contributed by atoms with Gasteiger partial charge >= 0.3 is 5.97 Å². The number of anilines is 1. The first-order valence-electron chi connectivity index (χ1n) is 12.3. The Morgan fingerprint density at radius 2 is 1.33 bits per heavy atom. The topological polar surface area (TPSA) is 135 Å². The van der Waals surface area contributed by atoms with Crippen LogP contribution in [0.25, 0.3) is 0 Å². The number of aromatic nitrogens is 6. The van der Waals surface area contributed by atoms with Crippen LogP contribution in [0.4, 0.5) is 5.69 Å². The number of carboxylic acids is 1. The van der Waals surface area contributed by atoms with Crippen molar-refractivity contribution in [3.05, 3.63) is 100 Å². The molecule has 4 aromatic heterocycles. The van der Waals surface area contributed by atoms with Crippen LogP contribution < -0.4 is 4.90 Å². The van der Waals surface area contributed by atoms with Crippen molar-refractivity contribution in [2.24, 2.45) is 0 Å². The lowest BCUT2D eigenvalue weighted by Crippen LogP contribution is -2.36. The number of carbonyl (C=O) groups excluding carboxylic acids is 1. The maximum atomic E-state index is 12.4. The van der Waals surface area contributed by atoms with Crippen LogP contribution in [0.15, 0.2) is 61.4 Å². The number of fused-ring (bicyclic) bond motifs is 2. The van der Waals surface area contributed by atoms with Gasteiger partial charge in [-0.25, -0.2) is 24.7 Å². The molecule has 2 aliphatic rings. The van der Waals surface area contributed by atoms with Crippen LogP contribution in [0, 0.1) is 0 Å². The third-order valence-electron chi connectivity index (χ3n) is 5.97. The first kappa shape index (κ1) is 28.0. The number of carbonyl (C=O) groups is 2. The van der Waals surface area contributed by atoms with Crippen LogP contribution in [0.3, 0.4) is 0 Å². The van der Waals surface area contributed by atoms with E-state index in [9.17, 15) is 9.59 Å². The van der Waals surface area contributed by atoms with E-state index in [4.69, 9.17) is 28.3 Å². The first-order chi connectivity index (χ1) is 18.9. The van der Waals surface area contributed by atoms with E-state index in [0.717, 1.165) is 30.4 Å². The summed E-state index contributed by atoms with van der Waals surface area (Å²) in [5.41, 5.74) is 4.78. The van der Waals surface area contributed by atoms with Crippen LogP contribution in [-0.2, 0) is 19.3 Å². The van der Waals surface area contributed by atoms with Gasteiger partial charge in [0.05, 0.1) is 36.2 Å². The fraction of sp³-hybridized carbons (Fsp3) is 0.259. The van der Waals surface area contributed by atoms with E-state index in [1.165, 1.54) is 55.5 Å². The molecule has 1 aliphatic carbocycles. The Bertz CT molecular complexity index is 1390. The summed E-state index contributed by atoms with van der Waals surface area (Å²) in [5.74, 6) is -1.28. The summed E-state index contributed by atoms with van der Waals surface area (Å²) in [6, 6.07) is 7.96. The fourth-order valence-electron chi connectivity index (χ4n) is 4.12. The van der Waals surface area contributed by atoms with Crippen molar-refractivity contribution in [3.63, 3.8) is 0 Å². The summed E-state index contributed by atoms with van der Waals surface area (Å²) >= 11 is 11.0. The summed E-state index contributed by atoms with van der Waals surface area (Å²) in [6.45, 7) is 0.668. The van der Waals surface area contributed by atoms with E-state index in [1.807, 2.05) is 24.4 Å². The van der Waals surface area contributed by atoms with Crippen LogP contribution in [0.2, 0.25) is 10.3 Å². The maximum Gasteiger partial charge on any atom is 0.356 e. The minimum Gasteiger partial charge on any atom is -0.476 e. The number of aryl methyl sites for hydroxylation is 3. The molecular formula is C27H25Cl2N7O3. The van der Waals surface area contributed by atoms with Gasteiger partial charge in [0.2, 0.25) is 0 Å². The molecule has 200 valence electrons. The molecule has 10 nitrogen and oxygen atoms in total. The zero-order valence-corrected chi connectivity index (χ0v) is 22.4. The fourth-order valence-corrected chi connectivity index (χ4v) is 4.31. The number of hydrogen-bond acceptors (Lipinski definition) is 8. The van der Waals surface area contributed by atoms with E-state index in [2.05, 4.69) is 36.0 Å². The van der Waals surface area contributed by atoms with E-state index in [-0.39, 0.29) is 21.9 Å². The standard InChI is InChI=1S/C13H11ClN4O.C9H11N.C5H3ClN2O2/c14-12-8-16-10(7-17-12)13(19)18-6-2-3-9-11(18)4-1-5-15-9;1-2-6-9-8(4-1)5-3-7-10-9;6-4-2-7-3(1-8-4)5(9)10/h1,4-5,7-8H,2-3,6H2;3,5,7H,1-2,4,6H2;1-2H,(H,9,10). The van der Waals surface area contributed by atoms with Crippen molar-refractivity contribution in [2.75, 3.05) is 11.4 Å². The summed E-state index contributed by atoms with van der Waals surface area (Å²) in [7, 11) is 0. The zero-order valence-electron chi connectivity index (χ0n) is 20.9. The quantitative estimate of drug-likeness (QED) is 0.359. The molecule has 1 aliphatic heterocycles. The molecule has 0 fully saturated rings. The lowest BCUT2D eigenvalue weighted by Gasteiger charge is -2.28. The minimum absolute atomic E-state index is 0.107. The number of aromatic carboxylic acids is 1. The van der Waals surface area contributed by atoms with Crippen LogP contribution >= 0.6 is 23.2 Å². The van der Waals surface area contributed by atoms with Crippen molar-refractivity contribution in [3.8, 4) is 0 Å². The highest BCUT2D eigenvalue weighted by atomic mass is 35.5. The number of hydrogen-bond donors (Lipinski definition) is 1. The molecule has 0 saturated carbocycles. The summed E-state index contributed by atoms with van der Waals surface area (Å²) in [4.78, 5) is 47.8. The maximum absolute atomic E-state index is 12.4. The Morgan fingerprint density at radius 1 is 0.718 bits per heavy atom. The monoisotopic (exact) mass is 565 g/mol. The van der Waals surface area contributed by atoms with Gasteiger partial charge in [-0.05, 0) is 62.3 Å². The molecule has 1 amide bonds. The number of nitrogens with zero attached hydrogens (tertiary/aromatic N) is 7. The highest BCUT2D eigenvalue weighted by molar-refractivity contribution is 6.29. The zero-order chi connectivity index (χ0) is 27.6. The number of amides is 1. The Hall–Kier alpha value is -4.02. The van der Waals surface area contributed by atoms with Crippen LogP contribution in [0.5, 0.6) is 0 Å². The Labute approximate surface area is 235 Å². The second-order valence-corrected chi connectivity index (χ2v) is 9.37. The molecular weight excluding hydrogens is 541 g/mol. The third-order valence-corrected chi connectivity index (χ3v) is 6.36. The predicted octanol–water partition coefficient (Wildman–Crippen LogP) is 4.91. The lowest BCUT2D eigenvalue weighted by molar-refractivity contribution is 0.0689. The molecule has 0 aromatic carbocycles. The summed E-state index contributed by atoms with van der Waals surface area (Å²) < 4.78 is 0. The molecule has 39 heavy (non-hydrogen) atoms. The largest absolute Gasteiger partial charge is 0.476 e. The first-order valence-corrected chi connectivity index (χ1v) is 13.0. The highest BCUT2D eigenvalue weighted by Crippen LogP contribution is 2.26. The summed E-state index contributed by atoms with van der Waals surface area (Å²) in [5, 5.41) is 8.79. The molecule has 0 saturated heterocycles. The molecule has 0 radical (unpaired) electrons. The SMILES string of the molecule is O=C(O)c1cnc(Cl)cn1.O=C(c1cnc(Cl)cn1)N1CCCc2ncccc21.c1cnc2c(c1)CCCC2. The highest BCUT2D eigenvalue weighted by Gasteiger charge is 2.25. The van der Waals surface area contributed by atoms with Gasteiger partial charge in [-0.2, -0.15) is 0 Å². The van der Waals surface area contributed by atoms with Crippen molar-refractivity contribution in [1.82, 2.24) is 29.9 Å². The molecule has 0 atom stereocenters. The van der Waals surface area contributed by atoms with Gasteiger partial charge in [-0.1, -0.05) is 29.3 Å². The minimum atomic E-state index is -1.11.